The Morgan fingerprint density at radius 2 is 1.89 bits per heavy atom. The molecule has 0 unspecified atom stereocenters. The van der Waals surface area contributed by atoms with Crippen LogP contribution in [-0.2, 0) is 0 Å². The second kappa shape index (κ2) is 8.35. The molecule has 27 heavy (non-hydrogen) atoms. The highest BCUT2D eigenvalue weighted by molar-refractivity contribution is 5.67. The van der Waals surface area contributed by atoms with Crippen molar-refractivity contribution in [1.82, 2.24) is 15.0 Å². The number of nitrogens with one attached hydrogen (secondary N) is 2. The van der Waals surface area contributed by atoms with E-state index < -0.39 is 4.92 Å². The summed E-state index contributed by atoms with van der Waals surface area (Å²) in [5, 5.41) is 26.0. The third-order valence-corrected chi connectivity index (χ3v) is 3.65. The maximum atomic E-state index is 10.6. The normalized spacial score (nSPS) is 10.0. The van der Waals surface area contributed by atoms with Gasteiger partial charge in [0.1, 0.15) is 12.0 Å². The average molecular weight is 361 g/mol. The maximum Gasteiger partial charge on any atom is 0.287 e. The van der Waals surface area contributed by atoms with Gasteiger partial charge in [0.15, 0.2) is 0 Å². The molecule has 134 valence electrons. The Morgan fingerprint density at radius 3 is 2.63 bits per heavy atom. The van der Waals surface area contributed by atoms with Crippen LogP contribution in [0.3, 0.4) is 0 Å². The van der Waals surface area contributed by atoms with Gasteiger partial charge in [-0.25, -0.2) is 15.0 Å². The number of nitro groups is 1. The van der Waals surface area contributed by atoms with E-state index in [4.69, 9.17) is 0 Å². The van der Waals surface area contributed by atoms with Crippen LogP contribution in [0.2, 0.25) is 0 Å². The van der Waals surface area contributed by atoms with E-state index >= 15 is 0 Å². The molecule has 0 atom stereocenters. The molecular formula is C18H15N7O2. The zero-order valence-corrected chi connectivity index (χ0v) is 14.2. The lowest BCUT2D eigenvalue weighted by Crippen LogP contribution is -2.15. The van der Waals surface area contributed by atoms with Crippen molar-refractivity contribution in [3.63, 3.8) is 0 Å². The van der Waals surface area contributed by atoms with Gasteiger partial charge in [-0.1, -0.05) is 18.2 Å². The first kappa shape index (κ1) is 17.8. The minimum absolute atomic E-state index is 0.0541. The Kier molecular flexibility index (Phi) is 5.49. The Labute approximate surface area is 154 Å². The third-order valence-electron chi connectivity index (χ3n) is 3.65. The minimum atomic E-state index is -0.493. The first-order valence-corrected chi connectivity index (χ1v) is 8.08. The molecule has 0 spiro atoms. The summed E-state index contributed by atoms with van der Waals surface area (Å²) in [6, 6.07) is 14.1. The fraction of sp³-hybridized carbons (Fsp3) is 0.111. The molecule has 0 saturated carbocycles. The largest absolute Gasteiger partial charge is 0.368 e. The summed E-state index contributed by atoms with van der Waals surface area (Å²) in [6.45, 7) is 1.04. The monoisotopic (exact) mass is 361 g/mol. The summed E-state index contributed by atoms with van der Waals surface area (Å²) >= 11 is 0. The van der Waals surface area contributed by atoms with Gasteiger partial charge in [-0.05, 0) is 18.2 Å². The third kappa shape index (κ3) is 4.52. The summed E-state index contributed by atoms with van der Waals surface area (Å²) in [5.74, 6) is 0.985. The van der Waals surface area contributed by atoms with Crippen LogP contribution in [0, 0.1) is 21.4 Å². The van der Waals surface area contributed by atoms with Crippen molar-refractivity contribution in [2.24, 2.45) is 0 Å². The summed E-state index contributed by atoms with van der Waals surface area (Å²) in [7, 11) is 0. The predicted molar refractivity (Wildman–Crippen MR) is 100 cm³/mol. The number of pyridine rings is 1. The zero-order chi connectivity index (χ0) is 19.1. The predicted octanol–water partition coefficient (Wildman–Crippen LogP) is 2.84. The number of nitrogens with zero attached hydrogens (tertiary/aromatic N) is 5. The van der Waals surface area contributed by atoms with Crippen LogP contribution in [0.4, 0.5) is 17.5 Å². The molecule has 3 aromatic rings. The van der Waals surface area contributed by atoms with Crippen molar-refractivity contribution in [3.8, 4) is 17.3 Å². The summed E-state index contributed by atoms with van der Waals surface area (Å²) in [5.41, 5.74) is 1.91. The number of anilines is 2. The quantitative estimate of drug-likeness (QED) is 0.373. The molecule has 2 N–H and O–H groups in total. The van der Waals surface area contributed by atoms with Crippen molar-refractivity contribution in [2.45, 2.75) is 0 Å². The summed E-state index contributed by atoms with van der Waals surface area (Å²) in [6.07, 6.45) is 2.83. The SMILES string of the molecule is N#Cc1ccccc1-c1ccnc(NCCNc2ccc([N+](=O)[O-])cn2)n1. The minimum Gasteiger partial charge on any atom is -0.368 e. The van der Waals surface area contributed by atoms with E-state index in [1.807, 2.05) is 12.1 Å². The molecule has 0 radical (unpaired) electrons. The number of nitriles is 1. The number of hydrogen-bond acceptors (Lipinski definition) is 8. The molecule has 3 rings (SSSR count). The van der Waals surface area contributed by atoms with E-state index in [2.05, 4.69) is 31.7 Å². The Balaban J connectivity index is 1.57. The molecule has 0 saturated heterocycles. The summed E-state index contributed by atoms with van der Waals surface area (Å²) < 4.78 is 0. The second-order valence-corrected chi connectivity index (χ2v) is 5.44. The number of hydrogen-bond donors (Lipinski definition) is 2. The number of benzene rings is 1. The second-order valence-electron chi connectivity index (χ2n) is 5.44. The van der Waals surface area contributed by atoms with Crippen LogP contribution in [0.5, 0.6) is 0 Å². The molecule has 0 aliphatic heterocycles. The van der Waals surface area contributed by atoms with Gasteiger partial charge in [0, 0.05) is 30.9 Å². The van der Waals surface area contributed by atoms with Gasteiger partial charge in [0.05, 0.1) is 22.2 Å². The summed E-state index contributed by atoms with van der Waals surface area (Å²) in [4.78, 5) is 22.7. The highest BCUT2D eigenvalue weighted by Gasteiger charge is 2.07. The lowest BCUT2D eigenvalue weighted by atomic mass is 10.1. The fourth-order valence-electron chi connectivity index (χ4n) is 2.36. The smallest absolute Gasteiger partial charge is 0.287 e. The first-order valence-electron chi connectivity index (χ1n) is 8.08. The Morgan fingerprint density at radius 1 is 1.07 bits per heavy atom. The van der Waals surface area contributed by atoms with Crippen molar-refractivity contribution in [2.75, 3.05) is 23.7 Å². The zero-order valence-electron chi connectivity index (χ0n) is 14.2. The molecule has 0 aliphatic rings. The first-order chi connectivity index (χ1) is 13.2. The van der Waals surface area contributed by atoms with E-state index in [-0.39, 0.29) is 5.69 Å². The van der Waals surface area contributed by atoms with Crippen LogP contribution in [0.25, 0.3) is 11.3 Å². The molecule has 0 bridgehead atoms. The highest BCUT2D eigenvalue weighted by atomic mass is 16.6. The number of rotatable bonds is 7. The van der Waals surface area contributed by atoms with Crippen molar-refractivity contribution >= 4 is 17.5 Å². The fourth-order valence-corrected chi connectivity index (χ4v) is 2.36. The van der Waals surface area contributed by atoms with E-state index in [0.29, 0.717) is 36.1 Å². The van der Waals surface area contributed by atoms with Gasteiger partial charge < -0.3 is 10.6 Å². The van der Waals surface area contributed by atoms with Gasteiger partial charge in [-0.15, -0.1) is 0 Å². The van der Waals surface area contributed by atoms with Gasteiger partial charge in [0.25, 0.3) is 5.69 Å². The molecule has 0 aliphatic carbocycles. The average Bonchev–Trinajstić information content (AvgIpc) is 2.71. The molecule has 0 amide bonds. The molecule has 2 aromatic heterocycles. The van der Waals surface area contributed by atoms with Gasteiger partial charge in [-0.2, -0.15) is 5.26 Å². The number of aromatic nitrogens is 3. The van der Waals surface area contributed by atoms with E-state index in [0.717, 1.165) is 5.56 Å². The van der Waals surface area contributed by atoms with Crippen molar-refractivity contribution < 1.29 is 4.92 Å². The van der Waals surface area contributed by atoms with E-state index in [1.165, 1.54) is 12.3 Å². The molecule has 1 aromatic carbocycles. The van der Waals surface area contributed by atoms with Gasteiger partial charge in [0.2, 0.25) is 5.95 Å². The maximum absolute atomic E-state index is 10.6. The lowest BCUT2D eigenvalue weighted by molar-refractivity contribution is -0.385. The molecule has 2 heterocycles. The van der Waals surface area contributed by atoms with Crippen LogP contribution in [-0.4, -0.2) is 33.0 Å². The van der Waals surface area contributed by atoms with E-state index in [1.54, 1.807) is 30.5 Å². The topological polar surface area (TPSA) is 130 Å². The highest BCUT2D eigenvalue weighted by Crippen LogP contribution is 2.21. The standard InChI is InChI=1S/C18H15N7O2/c19-11-13-3-1-2-4-15(13)16-7-8-21-18(24-16)22-10-9-20-17-6-5-14(12-23-17)25(26)27/h1-8,12H,9-10H2,(H,20,23)(H,21,22,24). The van der Waals surface area contributed by atoms with Crippen LogP contribution in [0.1, 0.15) is 5.56 Å². The van der Waals surface area contributed by atoms with Gasteiger partial charge in [-0.3, -0.25) is 10.1 Å². The lowest BCUT2D eigenvalue weighted by Gasteiger charge is -2.08. The molecule has 9 nitrogen and oxygen atoms in total. The van der Waals surface area contributed by atoms with Gasteiger partial charge >= 0.3 is 0 Å². The Bertz CT molecular complexity index is 984. The Hall–Kier alpha value is -4.06. The van der Waals surface area contributed by atoms with E-state index in [9.17, 15) is 15.4 Å². The molecule has 9 heteroatoms. The van der Waals surface area contributed by atoms with Crippen LogP contribution >= 0.6 is 0 Å². The molecular weight excluding hydrogens is 346 g/mol. The van der Waals surface area contributed by atoms with Crippen molar-refractivity contribution in [1.29, 1.82) is 5.26 Å². The van der Waals surface area contributed by atoms with Crippen molar-refractivity contribution in [3.05, 3.63) is 70.5 Å². The molecule has 0 fully saturated rings. The van der Waals surface area contributed by atoms with Crippen LogP contribution < -0.4 is 10.6 Å². The van der Waals surface area contributed by atoms with Crippen LogP contribution in [0.15, 0.2) is 54.9 Å².